The number of aliphatic hydroxyl groups excluding tert-OH is 1. The molecule has 0 saturated carbocycles. The van der Waals surface area contributed by atoms with E-state index in [1.807, 2.05) is 13.8 Å². The first kappa shape index (κ1) is 25.6. The fourth-order valence-corrected chi connectivity index (χ4v) is 4.38. The summed E-state index contributed by atoms with van der Waals surface area (Å²) >= 11 is 0. The van der Waals surface area contributed by atoms with Crippen LogP contribution in [0.25, 0.3) is 0 Å². The monoisotopic (exact) mass is 487 g/mol. The molecule has 34 heavy (non-hydrogen) atoms. The van der Waals surface area contributed by atoms with Crippen LogP contribution in [0.3, 0.4) is 0 Å². The molecule has 4 aliphatic rings. The van der Waals surface area contributed by atoms with E-state index in [9.17, 15) is 9.90 Å². The minimum atomic E-state index is -1.15. The number of carbonyl (C=O) groups is 1. The molecule has 11 nitrogen and oxygen atoms in total. The van der Waals surface area contributed by atoms with E-state index in [2.05, 4.69) is 5.32 Å². The molecule has 3 fully saturated rings. The molecule has 4 rings (SSSR count). The van der Waals surface area contributed by atoms with Gasteiger partial charge in [-0.15, -0.1) is 0 Å². The zero-order chi connectivity index (χ0) is 24.9. The molecule has 194 valence electrons. The molecule has 8 atom stereocenters. The summed E-state index contributed by atoms with van der Waals surface area (Å²) in [6, 6.07) is -0.979. The second-order valence-corrected chi connectivity index (χ2v) is 10.9. The number of nitrogens with one attached hydrogen (secondary N) is 1. The fraction of sp³-hybridized carbons (Fsp3) is 0.870. The molecule has 0 radical (unpaired) electrons. The molecule has 2 N–H and O–H groups in total. The van der Waals surface area contributed by atoms with Crippen LogP contribution in [-0.4, -0.2) is 90.5 Å². The van der Waals surface area contributed by atoms with Gasteiger partial charge in [0, 0.05) is 0 Å². The van der Waals surface area contributed by atoms with Crippen LogP contribution >= 0.6 is 0 Å². The second-order valence-electron chi connectivity index (χ2n) is 10.9. The number of rotatable bonds is 3. The minimum absolute atomic E-state index is 0.195. The third kappa shape index (κ3) is 5.84. The van der Waals surface area contributed by atoms with E-state index in [1.165, 1.54) is 6.26 Å². The molecule has 3 saturated heterocycles. The molecule has 0 aliphatic carbocycles. The standard InChI is InChI=1S/C23H37NO10/c1-21(2,3)34-20(26)24-15-16(25)18-14(11-29-23(6,7)33-18)31-19(15)30-12-8-9-27-13-10-28-22(4,5)32-17(12)13/h8-9,12-19,25H,10-11H2,1-7H3,(H,24,26)/t12-,13-,14-,15-,16+,17+,18-,19-/m1/s1. The average Bonchev–Trinajstić information content (AvgIpc) is 2.70. The number of hydrogen-bond donors (Lipinski definition) is 2. The van der Waals surface area contributed by atoms with Crippen LogP contribution in [-0.2, 0) is 37.9 Å². The largest absolute Gasteiger partial charge is 0.493 e. The number of carbonyl (C=O) groups excluding carboxylic acids is 1. The summed E-state index contributed by atoms with van der Waals surface area (Å²) in [6.45, 7) is 12.9. The first-order valence-electron chi connectivity index (χ1n) is 11.7. The Morgan fingerprint density at radius 2 is 1.65 bits per heavy atom. The summed E-state index contributed by atoms with van der Waals surface area (Å²) < 4.78 is 46.9. The van der Waals surface area contributed by atoms with Crippen molar-refractivity contribution in [1.82, 2.24) is 5.32 Å². The molecule has 4 aliphatic heterocycles. The Bertz CT molecular complexity index is 778. The quantitative estimate of drug-likeness (QED) is 0.606. The molecule has 11 heteroatoms. The first-order valence-corrected chi connectivity index (χ1v) is 11.7. The van der Waals surface area contributed by atoms with Gasteiger partial charge in [-0.1, -0.05) is 0 Å². The van der Waals surface area contributed by atoms with Crippen molar-refractivity contribution < 1.29 is 47.8 Å². The maximum atomic E-state index is 12.6. The van der Waals surface area contributed by atoms with Crippen molar-refractivity contribution in [3.8, 4) is 0 Å². The highest BCUT2D eigenvalue weighted by molar-refractivity contribution is 5.68. The van der Waals surface area contributed by atoms with Crippen molar-refractivity contribution in [1.29, 1.82) is 0 Å². The van der Waals surface area contributed by atoms with Crippen LogP contribution in [0, 0.1) is 0 Å². The molecular weight excluding hydrogens is 450 g/mol. The number of amides is 1. The molecule has 0 aromatic carbocycles. The molecular formula is C23H37NO10. The first-order chi connectivity index (χ1) is 15.7. The molecule has 1 amide bonds. The number of alkyl carbamates (subject to hydrolysis) is 1. The summed E-state index contributed by atoms with van der Waals surface area (Å²) in [5.74, 6) is -1.73. The normalized spacial score (nSPS) is 40.9. The summed E-state index contributed by atoms with van der Waals surface area (Å²) in [6.07, 6.45) is -2.42. The average molecular weight is 488 g/mol. The maximum absolute atomic E-state index is 12.6. The zero-order valence-electron chi connectivity index (χ0n) is 20.8. The van der Waals surface area contributed by atoms with Crippen molar-refractivity contribution >= 4 is 6.09 Å². The topological polar surface area (TPSA) is 123 Å². The van der Waals surface area contributed by atoms with Gasteiger partial charge in [0.05, 0.1) is 19.5 Å². The van der Waals surface area contributed by atoms with E-state index >= 15 is 0 Å². The van der Waals surface area contributed by atoms with E-state index < -0.39 is 66.1 Å². The van der Waals surface area contributed by atoms with Crippen LogP contribution in [0.2, 0.25) is 0 Å². The smallest absolute Gasteiger partial charge is 0.408 e. The molecule has 0 aromatic rings. The van der Waals surface area contributed by atoms with Gasteiger partial charge in [0.1, 0.15) is 42.2 Å². The van der Waals surface area contributed by atoms with Crippen LogP contribution < -0.4 is 5.32 Å². The summed E-state index contributed by atoms with van der Waals surface area (Å²) in [7, 11) is 0. The summed E-state index contributed by atoms with van der Waals surface area (Å²) in [5, 5.41) is 14.0. The Balaban J connectivity index is 1.54. The Kier molecular flexibility index (Phi) is 6.93. The van der Waals surface area contributed by atoms with Gasteiger partial charge in [-0.2, -0.15) is 0 Å². The maximum Gasteiger partial charge on any atom is 0.408 e. The van der Waals surface area contributed by atoms with Crippen molar-refractivity contribution in [2.75, 3.05) is 13.2 Å². The van der Waals surface area contributed by atoms with Crippen molar-refractivity contribution in [2.24, 2.45) is 0 Å². The Morgan fingerprint density at radius 1 is 1.03 bits per heavy atom. The van der Waals surface area contributed by atoms with E-state index in [0.29, 0.717) is 6.61 Å². The number of fused-ring (bicyclic) bond motifs is 2. The summed E-state index contributed by atoms with van der Waals surface area (Å²) in [5.41, 5.74) is -0.723. The lowest BCUT2D eigenvalue weighted by Crippen LogP contribution is -2.69. The van der Waals surface area contributed by atoms with Crippen LogP contribution in [0.1, 0.15) is 48.5 Å². The molecule has 4 heterocycles. The highest BCUT2D eigenvalue weighted by Crippen LogP contribution is 2.36. The predicted molar refractivity (Wildman–Crippen MR) is 117 cm³/mol. The van der Waals surface area contributed by atoms with Gasteiger partial charge in [-0.05, 0) is 54.5 Å². The van der Waals surface area contributed by atoms with Gasteiger partial charge < -0.3 is 48.3 Å². The van der Waals surface area contributed by atoms with Crippen LogP contribution in [0.4, 0.5) is 4.79 Å². The van der Waals surface area contributed by atoms with Crippen molar-refractivity contribution in [2.45, 2.75) is 115 Å². The Morgan fingerprint density at radius 3 is 2.29 bits per heavy atom. The third-order valence-electron chi connectivity index (χ3n) is 5.89. The highest BCUT2D eigenvalue weighted by atomic mass is 16.8. The van der Waals surface area contributed by atoms with Gasteiger partial charge in [0.25, 0.3) is 0 Å². The SMILES string of the molecule is CC(C)(C)OC(=O)N[C@H]1[C@H](O[C@@H]2C=CO[C@@H]3COC(C)(C)O[C@@H]23)O[C@@H]2COC(C)(C)O[C@H]2[C@H]1O. The molecule has 0 aromatic heterocycles. The molecule has 0 unspecified atom stereocenters. The van der Waals surface area contributed by atoms with Crippen LogP contribution in [0.5, 0.6) is 0 Å². The van der Waals surface area contributed by atoms with E-state index in [0.717, 1.165) is 0 Å². The van der Waals surface area contributed by atoms with Gasteiger partial charge in [0.15, 0.2) is 24.0 Å². The Hall–Kier alpha value is -1.47. The van der Waals surface area contributed by atoms with Gasteiger partial charge in [-0.3, -0.25) is 0 Å². The number of ether oxygens (including phenoxy) is 8. The van der Waals surface area contributed by atoms with Gasteiger partial charge in [0.2, 0.25) is 0 Å². The Labute approximate surface area is 199 Å². The summed E-state index contributed by atoms with van der Waals surface area (Å²) in [4.78, 5) is 12.6. The molecule has 0 bridgehead atoms. The highest BCUT2D eigenvalue weighted by Gasteiger charge is 2.53. The lowest BCUT2D eigenvalue weighted by molar-refractivity contribution is -0.380. The van der Waals surface area contributed by atoms with E-state index in [4.69, 9.17) is 37.9 Å². The van der Waals surface area contributed by atoms with E-state index in [1.54, 1.807) is 40.7 Å². The fourth-order valence-electron chi connectivity index (χ4n) is 4.38. The zero-order valence-corrected chi connectivity index (χ0v) is 20.8. The van der Waals surface area contributed by atoms with Crippen molar-refractivity contribution in [3.63, 3.8) is 0 Å². The number of aliphatic hydroxyl groups is 1. The van der Waals surface area contributed by atoms with Gasteiger partial charge >= 0.3 is 6.09 Å². The molecule has 0 spiro atoms. The third-order valence-corrected chi connectivity index (χ3v) is 5.89. The lowest BCUT2D eigenvalue weighted by atomic mass is 9.95. The van der Waals surface area contributed by atoms with E-state index in [-0.39, 0.29) is 12.7 Å². The minimum Gasteiger partial charge on any atom is -0.493 e. The van der Waals surface area contributed by atoms with Crippen LogP contribution in [0.15, 0.2) is 12.3 Å². The second kappa shape index (κ2) is 9.20. The number of hydrogen-bond acceptors (Lipinski definition) is 10. The lowest BCUT2D eigenvalue weighted by Gasteiger charge is -2.51. The van der Waals surface area contributed by atoms with Crippen molar-refractivity contribution in [3.05, 3.63) is 12.3 Å². The van der Waals surface area contributed by atoms with Gasteiger partial charge in [-0.25, -0.2) is 4.79 Å². The predicted octanol–water partition coefficient (Wildman–Crippen LogP) is 1.57.